The summed E-state index contributed by atoms with van der Waals surface area (Å²) >= 11 is 0. The summed E-state index contributed by atoms with van der Waals surface area (Å²) in [4.78, 5) is 4.63. The molecule has 0 atom stereocenters. The molecule has 0 amide bonds. The Kier molecular flexibility index (Phi) is 4.06. The van der Waals surface area contributed by atoms with Gasteiger partial charge in [-0.2, -0.15) is 4.98 Å². The second-order valence-corrected chi connectivity index (χ2v) is 7.14. The molecule has 0 aromatic carbocycles. The minimum Gasteiger partial charge on any atom is -0.370 e. The van der Waals surface area contributed by atoms with Crippen molar-refractivity contribution >= 4 is 0 Å². The lowest BCUT2D eigenvalue weighted by atomic mass is 9.79. The summed E-state index contributed by atoms with van der Waals surface area (Å²) in [5, 5.41) is 4.21. The van der Waals surface area contributed by atoms with Gasteiger partial charge in [0.2, 0.25) is 11.7 Å². The summed E-state index contributed by atoms with van der Waals surface area (Å²) < 4.78 is 11.3. The fraction of sp³-hybridized carbons (Fsp3) is 0.875. The first-order valence-corrected chi connectivity index (χ1v) is 8.22. The van der Waals surface area contributed by atoms with Crippen molar-refractivity contribution in [3.05, 3.63) is 11.7 Å². The third-order valence-electron chi connectivity index (χ3n) is 5.45. The zero-order chi connectivity index (χ0) is 14.9. The van der Waals surface area contributed by atoms with E-state index in [0.717, 1.165) is 44.4 Å². The molecule has 2 saturated carbocycles. The van der Waals surface area contributed by atoms with Crippen molar-refractivity contribution in [3.63, 3.8) is 0 Å². The lowest BCUT2D eigenvalue weighted by Crippen LogP contribution is -2.39. The highest BCUT2D eigenvalue weighted by Crippen LogP contribution is 2.41. The van der Waals surface area contributed by atoms with Crippen LogP contribution in [0.1, 0.15) is 70.0 Å². The van der Waals surface area contributed by atoms with E-state index in [1.165, 1.54) is 12.8 Å². The molecule has 0 aliphatic heterocycles. The quantitative estimate of drug-likeness (QED) is 0.924. The predicted octanol–water partition coefficient (Wildman–Crippen LogP) is 2.94. The zero-order valence-corrected chi connectivity index (χ0v) is 13.2. The van der Waals surface area contributed by atoms with Crippen LogP contribution in [0.15, 0.2) is 4.52 Å². The number of ether oxygens (including phenoxy) is 1. The Morgan fingerprint density at radius 3 is 2.52 bits per heavy atom. The Hall–Kier alpha value is -0.940. The third-order valence-corrected chi connectivity index (χ3v) is 5.45. The lowest BCUT2D eigenvalue weighted by molar-refractivity contribution is -0.0609. The Morgan fingerprint density at radius 1 is 1.24 bits per heavy atom. The molecular formula is C16H27N3O2. The van der Waals surface area contributed by atoms with Crippen molar-refractivity contribution in [1.82, 2.24) is 10.1 Å². The summed E-state index contributed by atoms with van der Waals surface area (Å²) in [6.07, 6.45) is 9.45. The van der Waals surface area contributed by atoms with E-state index in [4.69, 9.17) is 15.0 Å². The van der Waals surface area contributed by atoms with E-state index in [1.807, 2.05) is 0 Å². The van der Waals surface area contributed by atoms with Crippen LogP contribution >= 0.6 is 0 Å². The standard InChI is InChI=1S/C16H27N3O2/c1-12-5-9-16(20-2,10-6-12)14-18-13(21-19-14)11-15(17)7-3-4-8-15/h12H,3-11,17H2,1-2H3. The number of hydrogen-bond donors (Lipinski definition) is 1. The molecule has 3 rings (SSSR count). The van der Waals surface area contributed by atoms with Crippen LogP contribution in [0, 0.1) is 5.92 Å². The molecule has 0 spiro atoms. The molecule has 5 nitrogen and oxygen atoms in total. The maximum absolute atomic E-state index is 6.40. The van der Waals surface area contributed by atoms with Crippen molar-refractivity contribution in [1.29, 1.82) is 0 Å². The van der Waals surface area contributed by atoms with Gasteiger partial charge in [0.15, 0.2) is 0 Å². The third kappa shape index (κ3) is 2.99. The Balaban J connectivity index is 1.74. The number of nitrogens with zero attached hydrogens (tertiary/aromatic N) is 2. The van der Waals surface area contributed by atoms with Crippen molar-refractivity contribution in [2.45, 2.75) is 75.9 Å². The van der Waals surface area contributed by atoms with E-state index in [2.05, 4.69) is 17.1 Å². The molecule has 0 bridgehead atoms. The molecule has 1 heterocycles. The van der Waals surface area contributed by atoms with Gasteiger partial charge in [-0.3, -0.25) is 0 Å². The van der Waals surface area contributed by atoms with Crippen LogP contribution in [0.3, 0.4) is 0 Å². The highest BCUT2D eigenvalue weighted by molar-refractivity contribution is 5.06. The molecule has 5 heteroatoms. The average molecular weight is 293 g/mol. The molecule has 2 N–H and O–H groups in total. The minimum atomic E-state index is -0.355. The second-order valence-electron chi connectivity index (χ2n) is 7.14. The molecule has 0 radical (unpaired) electrons. The van der Waals surface area contributed by atoms with Crippen LogP contribution in [0.2, 0.25) is 0 Å². The van der Waals surface area contributed by atoms with Crippen LogP contribution in [0.25, 0.3) is 0 Å². The highest BCUT2D eigenvalue weighted by Gasteiger charge is 2.41. The fourth-order valence-corrected chi connectivity index (χ4v) is 3.82. The minimum absolute atomic E-state index is 0.148. The molecule has 2 aliphatic rings. The first-order valence-electron chi connectivity index (χ1n) is 8.22. The number of nitrogens with two attached hydrogens (primary N) is 1. The van der Waals surface area contributed by atoms with Gasteiger partial charge in [0.25, 0.3) is 0 Å². The van der Waals surface area contributed by atoms with Gasteiger partial charge in [0.1, 0.15) is 5.60 Å². The van der Waals surface area contributed by atoms with E-state index < -0.39 is 0 Å². The zero-order valence-electron chi connectivity index (χ0n) is 13.2. The topological polar surface area (TPSA) is 74.2 Å². The largest absolute Gasteiger partial charge is 0.370 e. The lowest BCUT2D eigenvalue weighted by Gasteiger charge is -2.35. The van der Waals surface area contributed by atoms with E-state index in [0.29, 0.717) is 18.1 Å². The molecule has 0 saturated heterocycles. The van der Waals surface area contributed by atoms with E-state index in [1.54, 1.807) is 7.11 Å². The maximum atomic E-state index is 6.40. The van der Waals surface area contributed by atoms with Crippen LogP contribution in [0.4, 0.5) is 0 Å². The van der Waals surface area contributed by atoms with Crippen LogP contribution < -0.4 is 5.73 Å². The highest BCUT2D eigenvalue weighted by atomic mass is 16.5. The summed E-state index contributed by atoms with van der Waals surface area (Å²) in [7, 11) is 1.76. The molecule has 2 fully saturated rings. The Labute approximate surface area is 126 Å². The Morgan fingerprint density at radius 2 is 1.90 bits per heavy atom. The summed E-state index contributed by atoms with van der Waals surface area (Å²) in [5.74, 6) is 2.14. The first kappa shape index (κ1) is 15.0. The second kappa shape index (κ2) is 5.69. The van der Waals surface area contributed by atoms with Gasteiger partial charge in [-0.1, -0.05) is 24.9 Å². The van der Waals surface area contributed by atoms with E-state index >= 15 is 0 Å². The van der Waals surface area contributed by atoms with Crippen molar-refractivity contribution < 1.29 is 9.26 Å². The van der Waals surface area contributed by atoms with Gasteiger partial charge in [-0.05, 0) is 44.4 Å². The molecule has 0 unspecified atom stereocenters. The Bertz CT molecular complexity index is 472. The molecule has 2 aliphatic carbocycles. The van der Waals surface area contributed by atoms with Gasteiger partial charge < -0.3 is 15.0 Å². The van der Waals surface area contributed by atoms with Crippen LogP contribution in [-0.4, -0.2) is 22.8 Å². The van der Waals surface area contributed by atoms with E-state index in [-0.39, 0.29) is 11.1 Å². The molecular weight excluding hydrogens is 266 g/mol. The normalized spacial score (nSPS) is 32.4. The SMILES string of the molecule is COC1(c2noc(CC3(N)CCCC3)n2)CCC(C)CC1. The summed E-state index contributed by atoms with van der Waals surface area (Å²) in [5.41, 5.74) is 5.90. The van der Waals surface area contributed by atoms with Crippen LogP contribution in [-0.2, 0) is 16.8 Å². The smallest absolute Gasteiger partial charge is 0.228 e. The van der Waals surface area contributed by atoms with Gasteiger partial charge in [-0.25, -0.2) is 0 Å². The fourth-order valence-electron chi connectivity index (χ4n) is 3.82. The van der Waals surface area contributed by atoms with Crippen molar-refractivity contribution in [3.8, 4) is 0 Å². The molecule has 21 heavy (non-hydrogen) atoms. The molecule has 1 aromatic rings. The molecule has 1 aromatic heterocycles. The van der Waals surface area contributed by atoms with Gasteiger partial charge in [0.05, 0.1) is 0 Å². The van der Waals surface area contributed by atoms with Gasteiger partial charge in [0, 0.05) is 19.1 Å². The first-order chi connectivity index (χ1) is 10.1. The number of rotatable bonds is 4. The summed E-state index contributed by atoms with van der Waals surface area (Å²) in [6.45, 7) is 2.29. The van der Waals surface area contributed by atoms with Crippen molar-refractivity contribution in [2.75, 3.05) is 7.11 Å². The monoisotopic (exact) mass is 293 g/mol. The number of methoxy groups -OCH3 is 1. The van der Waals surface area contributed by atoms with E-state index in [9.17, 15) is 0 Å². The maximum Gasteiger partial charge on any atom is 0.228 e. The van der Waals surface area contributed by atoms with Crippen LogP contribution in [0.5, 0.6) is 0 Å². The van der Waals surface area contributed by atoms with Gasteiger partial charge >= 0.3 is 0 Å². The summed E-state index contributed by atoms with van der Waals surface area (Å²) in [6, 6.07) is 0. The van der Waals surface area contributed by atoms with Gasteiger partial charge in [-0.15, -0.1) is 0 Å². The van der Waals surface area contributed by atoms with Crippen molar-refractivity contribution in [2.24, 2.45) is 11.7 Å². The average Bonchev–Trinajstić information content (AvgIpc) is 3.10. The number of hydrogen-bond acceptors (Lipinski definition) is 5. The molecule has 118 valence electrons. The number of aromatic nitrogens is 2. The predicted molar refractivity (Wildman–Crippen MR) is 79.7 cm³/mol.